The van der Waals surface area contributed by atoms with Gasteiger partial charge in [-0.05, 0) is 78.7 Å². The highest BCUT2D eigenvalue weighted by Gasteiger charge is 2.12. The fourth-order valence-corrected chi connectivity index (χ4v) is 3.71. The van der Waals surface area contributed by atoms with Gasteiger partial charge in [0.05, 0.1) is 17.3 Å². The number of halogens is 2. The molecule has 0 heterocycles. The lowest BCUT2D eigenvalue weighted by molar-refractivity contribution is 0.269. The molecule has 0 amide bonds. The standard InChI is InChI=1S/C28H23BrClNO3/c1-2-32-27-17-21(16-26(30)28(27)33-19-20-8-10-22(29)11-9-20)18-31-23-12-14-25(15-13-23)34-24-6-4-3-5-7-24/h3-18H,2,19H2,1H3. The molecule has 0 fully saturated rings. The SMILES string of the molecule is CCOc1cc(C=Nc2ccc(Oc3ccccc3)cc2)cc(Cl)c1OCc1ccc(Br)cc1. The predicted molar refractivity (Wildman–Crippen MR) is 141 cm³/mol. The molecular formula is C28H23BrClNO3. The first-order valence-electron chi connectivity index (χ1n) is 10.8. The van der Waals surface area contributed by atoms with Crippen molar-refractivity contribution in [2.75, 3.05) is 6.61 Å². The maximum Gasteiger partial charge on any atom is 0.180 e. The molecule has 0 spiro atoms. The molecular weight excluding hydrogens is 514 g/mol. The Morgan fingerprint density at radius 1 is 0.853 bits per heavy atom. The van der Waals surface area contributed by atoms with Gasteiger partial charge in [0, 0.05) is 10.7 Å². The van der Waals surface area contributed by atoms with Gasteiger partial charge >= 0.3 is 0 Å². The van der Waals surface area contributed by atoms with Crippen LogP contribution in [0.3, 0.4) is 0 Å². The van der Waals surface area contributed by atoms with Crippen LogP contribution >= 0.6 is 27.5 Å². The summed E-state index contributed by atoms with van der Waals surface area (Å²) in [4.78, 5) is 4.56. The van der Waals surface area contributed by atoms with Crippen molar-refractivity contribution in [2.24, 2.45) is 4.99 Å². The third-order valence-electron chi connectivity index (χ3n) is 4.81. The normalized spacial score (nSPS) is 10.9. The topological polar surface area (TPSA) is 40.0 Å². The Bertz CT molecular complexity index is 1240. The molecule has 0 unspecified atom stereocenters. The Labute approximate surface area is 212 Å². The van der Waals surface area contributed by atoms with Crippen molar-refractivity contribution in [3.63, 3.8) is 0 Å². The Morgan fingerprint density at radius 2 is 1.56 bits per heavy atom. The number of nitrogens with zero attached hydrogens (tertiary/aromatic N) is 1. The van der Waals surface area contributed by atoms with Crippen LogP contribution in [0.1, 0.15) is 18.1 Å². The molecule has 34 heavy (non-hydrogen) atoms. The highest BCUT2D eigenvalue weighted by Crippen LogP contribution is 2.37. The van der Waals surface area contributed by atoms with E-state index in [2.05, 4.69) is 20.9 Å². The van der Waals surface area contributed by atoms with Gasteiger partial charge in [-0.2, -0.15) is 0 Å². The average molecular weight is 537 g/mol. The van der Waals surface area contributed by atoms with Gasteiger partial charge in [0.15, 0.2) is 11.5 Å². The van der Waals surface area contributed by atoms with E-state index in [0.717, 1.165) is 32.8 Å². The quantitative estimate of drug-likeness (QED) is 0.201. The molecule has 4 aromatic rings. The lowest BCUT2D eigenvalue weighted by Gasteiger charge is -2.14. The number of ether oxygens (including phenoxy) is 3. The summed E-state index contributed by atoms with van der Waals surface area (Å²) in [6.45, 7) is 2.80. The number of hydrogen-bond donors (Lipinski definition) is 0. The molecule has 0 bridgehead atoms. The van der Waals surface area contributed by atoms with Crippen molar-refractivity contribution in [3.8, 4) is 23.0 Å². The van der Waals surface area contributed by atoms with Gasteiger partial charge in [-0.25, -0.2) is 0 Å². The van der Waals surface area contributed by atoms with Gasteiger partial charge in [0.25, 0.3) is 0 Å². The molecule has 0 saturated carbocycles. The molecule has 0 atom stereocenters. The minimum Gasteiger partial charge on any atom is -0.490 e. The van der Waals surface area contributed by atoms with Crippen molar-refractivity contribution in [3.05, 3.63) is 112 Å². The van der Waals surface area contributed by atoms with E-state index < -0.39 is 0 Å². The third kappa shape index (κ3) is 6.62. The van der Waals surface area contributed by atoms with Crippen LogP contribution in [0, 0.1) is 0 Å². The average Bonchev–Trinajstić information content (AvgIpc) is 2.85. The second kappa shape index (κ2) is 11.7. The first-order chi connectivity index (χ1) is 16.6. The van der Waals surface area contributed by atoms with Crippen molar-refractivity contribution in [2.45, 2.75) is 13.5 Å². The molecule has 0 aliphatic carbocycles. The number of benzene rings is 4. The first-order valence-corrected chi connectivity index (χ1v) is 12.0. The smallest absolute Gasteiger partial charge is 0.180 e. The highest BCUT2D eigenvalue weighted by molar-refractivity contribution is 9.10. The van der Waals surface area contributed by atoms with Crippen LogP contribution in [-0.2, 0) is 6.61 Å². The second-order valence-corrected chi connectivity index (χ2v) is 8.67. The Morgan fingerprint density at radius 3 is 2.26 bits per heavy atom. The van der Waals surface area contributed by atoms with Gasteiger partial charge in [-0.3, -0.25) is 4.99 Å². The molecule has 6 heteroatoms. The van der Waals surface area contributed by atoms with E-state index in [-0.39, 0.29) is 0 Å². The zero-order chi connectivity index (χ0) is 23.8. The van der Waals surface area contributed by atoms with Crippen molar-refractivity contribution in [1.29, 1.82) is 0 Å². The molecule has 4 nitrogen and oxygen atoms in total. The summed E-state index contributed by atoms with van der Waals surface area (Å²) in [7, 11) is 0. The molecule has 4 rings (SSSR count). The lowest BCUT2D eigenvalue weighted by Crippen LogP contribution is -2.01. The number of rotatable bonds is 9. The van der Waals surface area contributed by atoms with E-state index in [1.165, 1.54) is 0 Å². The van der Waals surface area contributed by atoms with E-state index in [1.807, 2.05) is 97.9 Å². The molecule has 0 aromatic heterocycles. The van der Waals surface area contributed by atoms with E-state index in [9.17, 15) is 0 Å². The van der Waals surface area contributed by atoms with Crippen LogP contribution in [0.5, 0.6) is 23.0 Å². The molecule has 0 N–H and O–H groups in total. The fraction of sp³-hybridized carbons (Fsp3) is 0.107. The van der Waals surface area contributed by atoms with E-state index in [1.54, 1.807) is 6.21 Å². The molecule has 0 aliphatic rings. The van der Waals surface area contributed by atoms with Gasteiger partial charge in [-0.1, -0.05) is 57.9 Å². The zero-order valence-corrected chi connectivity index (χ0v) is 20.9. The minimum absolute atomic E-state index is 0.387. The van der Waals surface area contributed by atoms with Gasteiger partial charge in [0.1, 0.15) is 18.1 Å². The summed E-state index contributed by atoms with van der Waals surface area (Å²) in [5.74, 6) is 2.64. The summed E-state index contributed by atoms with van der Waals surface area (Å²) < 4.78 is 18.6. The highest BCUT2D eigenvalue weighted by atomic mass is 79.9. The van der Waals surface area contributed by atoms with Crippen LogP contribution in [0.15, 0.2) is 100 Å². The molecule has 0 aliphatic heterocycles. The summed E-state index contributed by atoms with van der Waals surface area (Å²) in [5, 5.41) is 0.469. The van der Waals surface area contributed by atoms with Crippen LogP contribution in [0.25, 0.3) is 0 Å². The fourth-order valence-electron chi connectivity index (χ4n) is 3.18. The summed E-state index contributed by atoms with van der Waals surface area (Å²) in [6.07, 6.45) is 1.75. The van der Waals surface area contributed by atoms with Crippen molar-refractivity contribution in [1.82, 2.24) is 0 Å². The maximum atomic E-state index is 6.55. The Balaban J connectivity index is 1.46. The van der Waals surface area contributed by atoms with Crippen molar-refractivity contribution >= 4 is 39.4 Å². The van der Waals surface area contributed by atoms with Crippen LogP contribution < -0.4 is 14.2 Å². The first kappa shape index (κ1) is 23.9. The van der Waals surface area contributed by atoms with Gasteiger partial charge in [-0.15, -0.1) is 0 Å². The lowest BCUT2D eigenvalue weighted by atomic mass is 10.2. The van der Waals surface area contributed by atoms with E-state index in [4.69, 9.17) is 25.8 Å². The predicted octanol–water partition coefficient (Wildman–Crippen LogP) is 8.62. The maximum absolute atomic E-state index is 6.55. The Hall–Kier alpha value is -3.28. The largest absolute Gasteiger partial charge is 0.490 e. The van der Waals surface area contributed by atoms with Crippen LogP contribution in [0.2, 0.25) is 5.02 Å². The monoisotopic (exact) mass is 535 g/mol. The zero-order valence-electron chi connectivity index (χ0n) is 18.6. The van der Waals surface area contributed by atoms with E-state index >= 15 is 0 Å². The summed E-state index contributed by atoms with van der Waals surface area (Å²) in [5.41, 5.74) is 2.64. The number of aliphatic imine (C=N–C) groups is 1. The number of hydrogen-bond acceptors (Lipinski definition) is 4. The molecule has 0 radical (unpaired) electrons. The molecule has 4 aromatic carbocycles. The van der Waals surface area contributed by atoms with E-state index in [0.29, 0.717) is 29.7 Å². The molecule has 172 valence electrons. The Kier molecular flexibility index (Phi) is 8.23. The van der Waals surface area contributed by atoms with Gasteiger partial charge < -0.3 is 14.2 Å². The minimum atomic E-state index is 0.387. The second-order valence-electron chi connectivity index (χ2n) is 7.35. The van der Waals surface area contributed by atoms with Crippen LogP contribution in [0.4, 0.5) is 5.69 Å². The van der Waals surface area contributed by atoms with Crippen LogP contribution in [-0.4, -0.2) is 12.8 Å². The summed E-state index contributed by atoms with van der Waals surface area (Å²) >= 11 is 9.99. The van der Waals surface area contributed by atoms with Gasteiger partial charge in [0.2, 0.25) is 0 Å². The summed E-state index contributed by atoms with van der Waals surface area (Å²) in [6, 6.07) is 28.9. The third-order valence-corrected chi connectivity index (χ3v) is 5.62. The molecule has 0 saturated heterocycles. The number of para-hydroxylation sites is 1. The van der Waals surface area contributed by atoms with Crippen molar-refractivity contribution < 1.29 is 14.2 Å².